The molecule has 0 bridgehead atoms. The maximum Gasteiger partial charge on any atom is 0.411 e. The maximum atomic E-state index is 14.0. The molecule has 0 fully saturated rings. The molecule has 12 heteroatoms. The summed E-state index contributed by atoms with van der Waals surface area (Å²) in [5.74, 6) is -1.21. The van der Waals surface area contributed by atoms with Gasteiger partial charge >= 0.3 is 12.4 Å². The molecule has 0 saturated carbocycles. The molecule has 0 N–H and O–H groups in total. The Morgan fingerprint density at radius 1 is 0.519 bits per heavy atom. The minimum atomic E-state index is -5.78. The summed E-state index contributed by atoms with van der Waals surface area (Å²) in [6.45, 7) is 0. The Morgan fingerprint density at radius 2 is 0.889 bits per heavy atom. The van der Waals surface area contributed by atoms with Crippen LogP contribution in [0.3, 0.4) is 0 Å². The summed E-state index contributed by atoms with van der Waals surface area (Å²) in [4.78, 5) is 17.8. The molecule has 0 unspecified atom stereocenters. The fourth-order valence-electron chi connectivity index (χ4n) is 2.91. The van der Waals surface area contributed by atoms with Crippen LogP contribution in [0.25, 0.3) is 0 Å². The van der Waals surface area contributed by atoms with Gasteiger partial charge in [-0.15, -0.1) is 0 Å². The Hall–Kier alpha value is -2.86. The predicted octanol–water partition coefficient (Wildman–Crippen LogP) is 4.33. The van der Waals surface area contributed by atoms with Gasteiger partial charge in [0, 0.05) is 10.1 Å². The van der Waals surface area contributed by atoms with Crippen LogP contribution in [0.2, 0.25) is 0 Å². The minimum absolute atomic E-state index is 0.170. The lowest BCUT2D eigenvalue weighted by Gasteiger charge is -2.38. The number of halogens is 6. The topological polar surface area (TPSA) is 55.4 Å². The first-order chi connectivity index (χ1) is 12.6. The number of hydrogen-bond donors (Lipinski definition) is 0. The van der Waals surface area contributed by atoms with Crippen molar-refractivity contribution in [1.82, 2.24) is 0 Å². The quantitative estimate of drug-likeness (QED) is 0.557. The number of benzene rings is 2. The van der Waals surface area contributed by atoms with Crippen molar-refractivity contribution in [2.24, 2.45) is 0 Å². The first kappa shape index (κ1) is 17.5. The Bertz CT molecular complexity index is 820. The number of rotatable bonds is 2. The first-order valence-electron chi connectivity index (χ1n) is 7.09. The van der Waals surface area contributed by atoms with E-state index in [0.717, 1.165) is 12.1 Å². The van der Waals surface area contributed by atoms with Gasteiger partial charge in [-0.05, 0) is 35.4 Å². The number of hydrogen-bond acceptors (Lipinski definition) is 6. The maximum absolute atomic E-state index is 14.0. The fraction of sp³-hybridized carbons (Fsp3) is 0.200. The molecule has 0 spiro atoms. The third kappa shape index (κ3) is 2.44. The van der Waals surface area contributed by atoms with Crippen LogP contribution in [0.4, 0.5) is 26.3 Å². The Balaban J connectivity index is 2.01. The highest BCUT2D eigenvalue weighted by Gasteiger charge is 2.73. The van der Waals surface area contributed by atoms with Crippen molar-refractivity contribution < 1.29 is 56.0 Å². The van der Waals surface area contributed by atoms with Crippen molar-refractivity contribution in [1.29, 1.82) is 0 Å². The van der Waals surface area contributed by atoms with Crippen LogP contribution < -0.4 is 19.6 Å². The first-order valence-corrected chi connectivity index (χ1v) is 7.09. The highest BCUT2D eigenvalue weighted by Crippen LogP contribution is 2.58. The van der Waals surface area contributed by atoms with Crippen molar-refractivity contribution in [3.63, 3.8) is 0 Å². The van der Waals surface area contributed by atoms with Crippen LogP contribution in [-0.4, -0.2) is 12.4 Å². The smallest absolute Gasteiger partial charge is 0.295 e. The number of alkyl halides is 6. The molecular formula is C15H6F6O6. The standard InChI is InChI=1S/C15H6F6O6/c16-14(17,18)13(15(19,20)21,7-1-3-9-11(5-7)24-26-22-9)8-2-4-10-12(6-8)25-27-23-10/h1-6H. The molecular weight excluding hydrogens is 390 g/mol. The Labute approximate surface area is 145 Å². The molecule has 0 amide bonds. The summed E-state index contributed by atoms with van der Waals surface area (Å²) < 4.78 is 84.1. The monoisotopic (exact) mass is 396 g/mol. The van der Waals surface area contributed by atoms with Crippen molar-refractivity contribution in [2.75, 3.05) is 0 Å². The molecule has 0 atom stereocenters. The van der Waals surface area contributed by atoms with Crippen LogP contribution in [-0.2, 0) is 15.5 Å². The molecule has 0 aliphatic carbocycles. The van der Waals surface area contributed by atoms with E-state index in [1.165, 1.54) is 0 Å². The van der Waals surface area contributed by atoms with E-state index < -0.39 is 40.4 Å². The van der Waals surface area contributed by atoms with E-state index in [9.17, 15) is 26.3 Å². The van der Waals surface area contributed by atoms with Gasteiger partial charge in [-0.2, -0.15) is 26.3 Å². The summed E-state index contributed by atoms with van der Waals surface area (Å²) in [7, 11) is 0. The van der Waals surface area contributed by atoms with Crippen molar-refractivity contribution in [3.05, 3.63) is 47.5 Å². The summed E-state index contributed by atoms with van der Waals surface area (Å²) in [5.41, 5.74) is -6.72. The van der Waals surface area contributed by atoms with Gasteiger partial charge in [-0.3, -0.25) is 19.6 Å². The largest absolute Gasteiger partial charge is 0.411 e. The van der Waals surface area contributed by atoms with E-state index in [0.29, 0.717) is 24.3 Å². The molecule has 0 radical (unpaired) electrons. The normalized spacial score (nSPS) is 15.9. The lowest BCUT2D eigenvalue weighted by atomic mass is 9.72. The van der Waals surface area contributed by atoms with E-state index in [1.54, 1.807) is 0 Å². The summed E-state index contributed by atoms with van der Waals surface area (Å²) >= 11 is 0. The Kier molecular flexibility index (Phi) is 3.62. The zero-order chi connectivity index (χ0) is 19.4. The Morgan fingerprint density at radius 3 is 1.26 bits per heavy atom. The molecule has 27 heavy (non-hydrogen) atoms. The van der Waals surface area contributed by atoms with Crippen LogP contribution in [0.1, 0.15) is 11.1 Å². The second kappa shape index (κ2) is 5.57. The van der Waals surface area contributed by atoms with Gasteiger partial charge in [0.2, 0.25) is 28.4 Å². The summed E-state index contributed by atoms with van der Waals surface area (Å²) in [6.07, 6.45) is -11.6. The van der Waals surface area contributed by atoms with Gasteiger partial charge in [-0.25, -0.2) is 0 Å². The van der Waals surface area contributed by atoms with Gasteiger partial charge in [0.05, 0.1) is 0 Å². The van der Waals surface area contributed by atoms with Crippen molar-refractivity contribution in [2.45, 2.75) is 17.8 Å². The van der Waals surface area contributed by atoms with E-state index in [-0.39, 0.29) is 11.5 Å². The second-order valence-corrected chi connectivity index (χ2v) is 5.54. The number of fused-ring (bicyclic) bond motifs is 2. The second-order valence-electron chi connectivity index (χ2n) is 5.54. The fourth-order valence-corrected chi connectivity index (χ4v) is 2.91. The van der Waals surface area contributed by atoms with E-state index >= 15 is 0 Å². The van der Waals surface area contributed by atoms with Crippen molar-refractivity contribution in [3.8, 4) is 23.0 Å². The molecule has 144 valence electrons. The highest BCUT2D eigenvalue weighted by molar-refractivity contribution is 5.54. The van der Waals surface area contributed by atoms with Crippen molar-refractivity contribution >= 4 is 0 Å². The van der Waals surface area contributed by atoms with Crippen LogP contribution in [0, 0.1) is 0 Å². The molecule has 2 aliphatic heterocycles. The lowest BCUT2D eigenvalue weighted by molar-refractivity contribution is -0.384. The van der Waals surface area contributed by atoms with Gasteiger partial charge in [0.1, 0.15) is 0 Å². The van der Waals surface area contributed by atoms with E-state index in [1.807, 2.05) is 0 Å². The van der Waals surface area contributed by atoms with Gasteiger partial charge in [0.15, 0.2) is 0 Å². The van der Waals surface area contributed by atoms with E-state index in [2.05, 4.69) is 29.6 Å². The average Bonchev–Trinajstić information content (AvgIpc) is 3.20. The zero-order valence-electron chi connectivity index (χ0n) is 12.7. The molecule has 2 aliphatic rings. The van der Waals surface area contributed by atoms with Gasteiger partial charge in [-0.1, -0.05) is 12.1 Å². The molecule has 2 aromatic carbocycles. The van der Waals surface area contributed by atoms with Gasteiger partial charge < -0.3 is 0 Å². The SMILES string of the molecule is FC(F)(F)C(c1ccc2c(c1)OOO2)(c1ccc2c(c1)OOO2)C(F)(F)F. The minimum Gasteiger partial charge on any atom is -0.295 e. The molecule has 2 heterocycles. The molecule has 0 aromatic heterocycles. The lowest BCUT2D eigenvalue weighted by Crippen LogP contribution is -2.54. The van der Waals surface area contributed by atoms with Crippen LogP contribution in [0.15, 0.2) is 36.4 Å². The molecule has 2 aromatic rings. The summed E-state index contributed by atoms with van der Waals surface area (Å²) in [6, 6.07) is 4.09. The summed E-state index contributed by atoms with van der Waals surface area (Å²) in [5, 5.41) is 8.21. The van der Waals surface area contributed by atoms with Crippen LogP contribution in [0.5, 0.6) is 23.0 Å². The molecule has 6 nitrogen and oxygen atoms in total. The van der Waals surface area contributed by atoms with E-state index in [4.69, 9.17) is 0 Å². The third-order valence-corrected chi connectivity index (χ3v) is 4.10. The zero-order valence-corrected chi connectivity index (χ0v) is 12.7. The molecule has 4 rings (SSSR count). The average molecular weight is 396 g/mol. The van der Waals surface area contributed by atoms with Crippen LogP contribution >= 0.6 is 0 Å². The molecule has 0 saturated heterocycles. The third-order valence-electron chi connectivity index (χ3n) is 4.10. The van der Waals surface area contributed by atoms with Gasteiger partial charge in [0.25, 0.3) is 0 Å². The predicted molar refractivity (Wildman–Crippen MR) is 70.5 cm³/mol. The highest BCUT2D eigenvalue weighted by atomic mass is 19.4.